The fraction of sp³-hybridized carbons (Fsp3) is 0.429. The summed E-state index contributed by atoms with van der Waals surface area (Å²) in [6.07, 6.45) is 4.28. The van der Waals surface area contributed by atoms with Crippen LogP contribution >= 0.6 is 11.8 Å². The Hall–Kier alpha value is -1.85. The summed E-state index contributed by atoms with van der Waals surface area (Å²) in [6.45, 7) is 6.63. The maximum atomic E-state index is 12.7. The normalized spacial score (nSPS) is 27.3. The summed E-state index contributed by atoms with van der Waals surface area (Å²) in [6, 6.07) is 12.6. The molecule has 1 amide bonds. The predicted octanol–water partition coefficient (Wildman–Crippen LogP) is 3.75. The fourth-order valence-corrected chi connectivity index (χ4v) is 4.84. The average Bonchev–Trinajstić information content (AvgIpc) is 2.67. The van der Waals surface area contributed by atoms with Crippen LogP contribution in [0, 0.1) is 12.8 Å². The summed E-state index contributed by atoms with van der Waals surface area (Å²) >= 11 is 1.61. The molecule has 26 heavy (non-hydrogen) atoms. The van der Waals surface area contributed by atoms with E-state index in [1.165, 1.54) is 25.9 Å². The lowest BCUT2D eigenvalue weighted by Crippen LogP contribution is -2.62. The van der Waals surface area contributed by atoms with E-state index in [0.29, 0.717) is 12.0 Å². The van der Waals surface area contributed by atoms with E-state index in [1.54, 1.807) is 11.8 Å². The summed E-state index contributed by atoms with van der Waals surface area (Å²) in [5.41, 5.74) is 1.89. The molecular weight excluding hydrogens is 342 g/mol. The highest BCUT2D eigenvalue weighted by Crippen LogP contribution is 2.32. The van der Waals surface area contributed by atoms with Gasteiger partial charge in [0.05, 0.1) is 0 Å². The maximum Gasteiger partial charge on any atom is 0.251 e. The van der Waals surface area contributed by atoms with Gasteiger partial charge in [-0.1, -0.05) is 17.8 Å². The summed E-state index contributed by atoms with van der Waals surface area (Å²) in [7, 11) is 0. The van der Waals surface area contributed by atoms with Crippen LogP contribution in [-0.2, 0) is 0 Å². The molecule has 1 aromatic heterocycles. The lowest BCUT2D eigenvalue weighted by molar-refractivity contribution is 0.0217. The van der Waals surface area contributed by atoms with Crippen molar-refractivity contribution in [2.24, 2.45) is 5.92 Å². The van der Waals surface area contributed by atoms with E-state index in [1.807, 2.05) is 43.5 Å². The van der Waals surface area contributed by atoms with Gasteiger partial charge in [-0.05, 0) is 81.6 Å². The van der Waals surface area contributed by atoms with Crippen molar-refractivity contribution in [1.82, 2.24) is 15.2 Å². The number of aryl methyl sites for hydroxylation is 1. The van der Waals surface area contributed by atoms with Crippen molar-refractivity contribution in [3.63, 3.8) is 0 Å². The summed E-state index contributed by atoms with van der Waals surface area (Å²) in [4.78, 5) is 20.7. The van der Waals surface area contributed by atoms with E-state index in [4.69, 9.17) is 0 Å². The molecular formula is C21H25N3OS. The number of carbonyl (C=O) groups is 1. The van der Waals surface area contributed by atoms with Crippen molar-refractivity contribution in [1.29, 1.82) is 0 Å². The second-order valence-corrected chi connectivity index (χ2v) is 8.51. The number of rotatable bonds is 4. The zero-order chi connectivity index (χ0) is 18.1. The predicted molar refractivity (Wildman–Crippen MR) is 105 cm³/mol. The van der Waals surface area contributed by atoms with Crippen LogP contribution in [0.4, 0.5) is 0 Å². The molecule has 4 nitrogen and oxygen atoms in total. The van der Waals surface area contributed by atoms with Gasteiger partial charge in [0.1, 0.15) is 5.03 Å². The molecule has 1 N–H and O–H groups in total. The number of fused-ring (bicyclic) bond motifs is 3. The fourth-order valence-electron chi connectivity index (χ4n) is 4.09. The summed E-state index contributed by atoms with van der Waals surface area (Å²) in [5, 5.41) is 4.26. The van der Waals surface area contributed by atoms with Crippen LogP contribution in [0.15, 0.2) is 52.5 Å². The number of aromatic nitrogens is 1. The second-order valence-electron chi connectivity index (χ2n) is 7.41. The minimum absolute atomic E-state index is 0.0422. The number of nitrogens with one attached hydrogen (secondary N) is 1. The van der Waals surface area contributed by atoms with Gasteiger partial charge in [0.25, 0.3) is 5.91 Å². The number of carbonyl (C=O) groups excluding carboxylic acids is 1. The largest absolute Gasteiger partial charge is 0.347 e. The van der Waals surface area contributed by atoms with Gasteiger partial charge < -0.3 is 5.32 Å². The van der Waals surface area contributed by atoms with Crippen LogP contribution in [0.2, 0.25) is 0 Å². The first-order valence-electron chi connectivity index (χ1n) is 9.35. The average molecular weight is 368 g/mol. The molecule has 1 aromatic carbocycles. The molecule has 3 aliphatic rings. The highest BCUT2D eigenvalue weighted by Gasteiger charge is 2.40. The zero-order valence-corrected chi connectivity index (χ0v) is 16.1. The number of pyridine rings is 1. The molecule has 0 saturated carbocycles. The Morgan fingerprint density at radius 1 is 1.15 bits per heavy atom. The SMILES string of the molecule is Cc1ccc(Sc2ccc(C(=O)N[C@@H]3C4CCN(CC4)[C@@H]3C)cc2)nc1. The Labute approximate surface area is 159 Å². The van der Waals surface area contributed by atoms with E-state index >= 15 is 0 Å². The summed E-state index contributed by atoms with van der Waals surface area (Å²) < 4.78 is 0. The van der Waals surface area contributed by atoms with Gasteiger partial charge in [0.15, 0.2) is 0 Å². The molecule has 2 bridgehead atoms. The topological polar surface area (TPSA) is 45.2 Å². The van der Waals surface area contributed by atoms with Crippen molar-refractivity contribution in [2.45, 2.75) is 48.7 Å². The molecule has 2 aromatic rings. The molecule has 3 fully saturated rings. The molecule has 2 atom stereocenters. The zero-order valence-electron chi connectivity index (χ0n) is 15.3. The highest BCUT2D eigenvalue weighted by atomic mass is 32.2. The lowest BCUT2D eigenvalue weighted by Gasteiger charge is -2.49. The van der Waals surface area contributed by atoms with Gasteiger partial charge in [-0.15, -0.1) is 0 Å². The van der Waals surface area contributed by atoms with Gasteiger partial charge >= 0.3 is 0 Å². The molecule has 0 spiro atoms. The summed E-state index contributed by atoms with van der Waals surface area (Å²) in [5.74, 6) is 0.669. The van der Waals surface area contributed by atoms with Gasteiger partial charge in [-0.2, -0.15) is 0 Å². The first kappa shape index (κ1) is 17.6. The Bertz CT molecular complexity index is 765. The molecule has 5 heteroatoms. The third kappa shape index (κ3) is 3.64. The van der Waals surface area contributed by atoms with E-state index in [9.17, 15) is 4.79 Å². The quantitative estimate of drug-likeness (QED) is 0.894. The monoisotopic (exact) mass is 367 g/mol. The molecule has 0 radical (unpaired) electrons. The van der Waals surface area contributed by atoms with E-state index in [0.717, 1.165) is 21.0 Å². The smallest absolute Gasteiger partial charge is 0.251 e. The standard InChI is InChI=1S/C21H25N3OS/c1-14-3-8-19(22-13-14)26-18-6-4-17(5-7-18)21(25)23-20-15(2)24-11-9-16(20)10-12-24/h3-8,13,15-16,20H,9-12H2,1-2H3,(H,23,25)/t15-,20+/m1/s1. The molecule has 0 unspecified atom stereocenters. The first-order chi connectivity index (χ1) is 12.6. The number of hydrogen-bond acceptors (Lipinski definition) is 4. The molecule has 5 rings (SSSR count). The van der Waals surface area contributed by atoms with E-state index < -0.39 is 0 Å². The van der Waals surface area contributed by atoms with E-state index in [2.05, 4.69) is 28.2 Å². The minimum atomic E-state index is 0.0422. The Balaban J connectivity index is 1.40. The van der Waals surface area contributed by atoms with Crippen LogP contribution in [0.25, 0.3) is 0 Å². The number of hydrogen-bond donors (Lipinski definition) is 1. The van der Waals surface area contributed by atoms with Crippen LogP contribution in [0.5, 0.6) is 0 Å². The lowest BCUT2D eigenvalue weighted by atomic mass is 9.79. The Morgan fingerprint density at radius 3 is 2.50 bits per heavy atom. The number of amides is 1. The van der Waals surface area contributed by atoms with Crippen molar-refractivity contribution in [3.05, 3.63) is 53.7 Å². The van der Waals surface area contributed by atoms with Crippen LogP contribution in [0.1, 0.15) is 35.7 Å². The van der Waals surface area contributed by atoms with Crippen molar-refractivity contribution >= 4 is 17.7 Å². The Kier molecular flexibility index (Phi) is 5.00. The minimum Gasteiger partial charge on any atom is -0.347 e. The Morgan fingerprint density at radius 2 is 1.88 bits per heavy atom. The molecule has 0 aliphatic carbocycles. The van der Waals surface area contributed by atoms with Gasteiger partial charge in [-0.3, -0.25) is 9.69 Å². The molecule has 3 aliphatic heterocycles. The van der Waals surface area contributed by atoms with Crippen molar-refractivity contribution in [2.75, 3.05) is 13.1 Å². The number of benzene rings is 1. The van der Waals surface area contributed by atoms with Crippen LogP contribution in [-0.4, -0.2) is 41.0 Å². The highest BCUT2D eigenvalue weighted by molar-refractivity contribution is 7.99. The third-order valence-electron chi connectivity index (χ3n) is 5.70. The van der Waals surface area contributed by atoms with Crippen molar-refractivity contribution < 1.29 is 4.79 Å². The van der Waals surface area contributed by atoms with E-state index in [-0.39, 0.29) is 11.9 Å². The van der Waals surface area contributed by atoms with Gasteiger partial charge in [-0.25, -0.2) is 4.98 Å². The third-order valence-corrected chi connectivity index (χ3v) is 6.66. The molecule has 4 heterocycles. The molecule has 3 saturated heterocycles. The maximum absolute atomic E-state index is 12.7. The van der Waals surface area contributed by atoms with Crippen LogP contribution < -0.4 is 5.32 Å². The van der Waals surface area contributed by atoms with Gasteiger partial charge in [0.2, 0.25) is 0 Å². The van der Waals surface area contributed by atoms with Crippen LogP contribution in [0.3, 0.4) is 0 Å². The van der Waals surface area contributed by atoms with Crippen molar-refractivity contribution in [3.8, 4) is 0 Å². The molecule has 136 valence electrons. The van der Waals surface area contributed by atoms with Gasteiger partial charge in [0, 0.05) is 28.7 Å². The second kappa shape index (κ2) is 7.41. The number of piperidine rings is 3. The number of nitrogens with zero attached hydrogens (tertiary/aromatic N) is 2. The first-order valence-corrected chi connectivity index (χ1v) is 10.2.